The quantitative estimate of drug-likeness (QED) is 0.179. The second kappa shape index (κ2) is 13.7. The van der Waals surface area contributed by atoms with Crippen LogP contribution in [0.25, 0.3) is 20.8 Å². The number of piperazine rings is 1. The van der Waals surface area contributed by atoms with Gasteiger partial charge >= 0.3 is 0 Å². The lowest BCUT2D eigenvalue weighted by Gasteiger charge is -2.34. The van der Waals surface area contributed by atoms with Crippen molar-refractivity contribution >= 4 is 39.4 Å². The highest BCUT2D eigenvalue weighted by Gasteiger charge is 2.32. The minimum atomic E-state index is 0.0951. The summed E-state index contributed by atoms with van der Waals surface area (Å²) >= 11 is 1.72. The van der Waals surface area contributed by atoms with E-state index in [2.05, 4.69) is 51.2 Å². The third-order valence-electron chi connectivity index (χ3n) is 9.07. The van der Waals surface area contributed by atoms with Crippen LogP contribution in [0.5, 0.6) is 11.5 Å². The van der Waals surface area contributed by atoms with E-state index in [0.29, 0.717) is 18.8 Å². The van der Waals surface area contributed by atoms with Gasteiger partial charge in [-0.1, -0.05) is 24.3 Å². The lowest BCUT2D eigenvalue weighted by Crippen LogP contribution is -2.47. The molecule has 2 fully saturated rings. The van der Waals surface area contributed by atoms with Gasteiger partial charge in [0, 0.05) is 63.7 Å². The first kappa shape index (κ1) is 29.9. The van der Waals surface area contributed by atoms with Crippen LogP contribution < -0.4 is 9.47 Å². The molecule has 0 radical (unpaired) electrons. The molecule has 0 N–H and O–H groups in total. The maximum Gasteiger partial charge on any atom is 0.256 e. The van der Waals surface area contributed by atoms with E-state index in [1.165, 1.54) is 4.70 Å². The third-order valence-corrected chi connectivity index (χ3v) is 10.2. The van der Waals surface area contributed by atoms with Gasteiger partial charge in [0.15, 0.2) is 0 Å². The molecule has 2 saturated heterocycles. The number of hydrogen-bond donors (Lipinski definition) is 0. The fourth-order valence-electron chi connectivity index (χ4n) is 6.53. The van der Waals surface area contributed by atoms with Gasteiger partial charge in [0.2, 0.25) is 0 Å². The topological polar surface area (TPSA) is 70.5 Å². The number of aryl methyl sites for hydroxylation is 1. The summed E-state index contributed by atoms with van der Waals surface area (Å²) in [7, 11) is 0. The minimum absolute atomic E-state index is 0.0951. The molecule has 1 aromatic heterocycles. The third kappa shape index (κ3) is 6.90. The SMILES string of the molecule is Cc1cc2c(cc1OCCCN1CCN(CCCOc3cccc(-c4nc5ccccc5s4)c3)CC1)N=C[C@@H]1CCCN1C2=O. The van der Waals surface area contributed by atoms with E-state index in [-0.39, 0.29) is 11.9 Å². The van der Waals surface area contributed by atoms with Crippen molar-refractivity contribution in [3.63, 3.8) is 0 Å². The standard InChI is InChI=1S/C36H41N5O3S/c1-26-22-30-32(37-25-28-9-5-15-41(28)36(30)42)24-33(26)44-21-7-14-40-18-16-39(17-19-40)13-6-20-43-29-10-4-8-27(23-29)35-38-31-11-2-3-12-34(31)45-35/h2-4,8,10-12,22-25,28H,5-7,9,13-21H2,1H3/t28-/m0/s1. The summed E-state index contributed by atoms with van der Waals surface area (Å²) in [6.07, 6.45) is 5.96. The summed E-state index contributed by atoms with van der Waals surface area (Å²) in [6, 6.07) is 20.6. The normalized spacial score (nSPS) is 18.6. The molecule has 1 atom stereocenters. The maximum absolute atomic E-state index is 13.0. The van der Waals surface area contributed by atoms with E-state index in [1.807, 2.05) is 42.3 Å². The molecular formula is C36H41N5O3S. The fraction of sp³-hybridized carbons (Fsp3) is 0.417. The van der Waals surface area contributed by atoms with Gasteiger partial charge in [-0.3, -0.25) is 9.79 Å². The predicted molar refractivity (Wildman–Crippen MR) is 182 cm³/mol. The second-order valence-corrected chi connectivity index (χ2v) is 13.3. The molecule has 0 spiro atoms. The number of nitrogens with zero attached hydrogens (tertiary/aromatic N) is 5. The summed E-state index contributed by atoms with van der Waals surface area (Å²) < 4.78 is 13.5. The van der Waals surface area contributed by atoms with Crippen LogP contribution in [0, 0.1) is 6.92 Å². The highest BCUT2D eigenvalue weighted by Crippen LogP contribution is 2.34. The Labute approximate surface area is 269 Å². The first-order valence-corrected chi connectivity index (χ1v) is 17.1. The van der Waals surface area contributed by atoms with E-state index in [4.69, 9.17) is 14.5 Å². The largest absolute Gasteiger partial charge is 0.494 e. The molecule has 8 nitrogen and oxygen atoms in total. The number of carbonyl (C=O) groups is 1. The summed E-state index contributed by atoms with van der Waals surface area (Å²) in [5.74, 6) is 1.83. The van der Waals surface area contributed by atoms with Gasteiger partial charge in [0.1, 0.15) is 16.5 Å². The van der Waals surface area contributed by atoms with E-state index in [9.17, 15) is 4.79 Å². The molecule has 0 saturated carbocycles. The number of amides is 1. The predicted octanol–water partition coefficient (Wildman–Crippen LogP) is 6.45. The molecule has 0 unspecified atom stereocenters. The van der Waals surface area contributed by atoms with Crippen LogP contribution >= 0.6 is 11.3 Å². The van der Waals surface area contributed by atoms with E-state index in [1.54, 1.807) is 11.3 Å². The molecule has 0 bridgehead atoms. The van der Waals surface area contributed by atoms with Gasteiger partial charge in [0.25, 0.3) is 5.91 Å². The Balaban J connectivity index is 0.804. The number of ether oxygens (including phenoxy) is 2. The van der Waals surface area contributed by atoms with Crippen molar-refractivity contribution in [2.75, 3.05) is 59.0 Å². The molecular weight excluding hydrogens is 582 g/mol. The van der Waals surface area contributed by atoms with Crippen LogP contribution in [0.2, 0.25) is 0 Å². The Hall–Kier alpha value is -3.79. The molecule has 3 aliphatic heterocycles. The van der Waals surface area contributed by atoms with Crippen molar-refractivity contribution < 1.29 is 14.3 Å². The first-order chi connectivity index (χ1) is 22.1. The van der Waals surface area contributed by atoms with Crippen LogP contribution in [0.1, 0.15) is 41.6 Å². The Morgan fingerprint density at radius 1 is 0.889 bits per heavy atom. The van der Waals surface area contributed by atoms with Crippen molar-refractivity contribution in [3.05, 3.63) is 71.8 Å². The Bertz CT molecular complexity index is 1650. The molecule has 4 heterocycles. The number of thiazole rings is 1. The molecule has 3 aliphatic rings. The monoisotopic (exact) mass is 623 g/mol. The number of aliphatic imine (C=N–C) groups is 1. The van der Waals surface area contributed by atoms with Gasteiger partial charge < -0.3 is 24.2 Å². The molecule has 9 heteroatoms. The van der Waals surface area contributed by atoms with Crippen LogP contribution in [0.15, 0.2) is 65.7 Å². The average Bonchev–Trinajstić information content (AvgIpc) is 3.70. The molecule has 3 aromatic carbocycles. The fourth-order valence-corrected chi connectivity index (χ4v) is 7.49. The van der Waals surface area contributed by atoms with Gasteiger partial charge in [0.05, 0.1) is 40.7 Å². The second-order valence-electron chi connectivity index (χ2n) is 12.2. The molecule has 7 rings (SSSR count). The van der Waals surface area contributed by atoms with E-state index in [0.717, 1.165) is 110 Å². The maximum atomic E-state index is 13.0. The van der Waals surface area contributed by atoms with Crippen molar-refractivity contribution in [3.8, 4) is 22.1 Å². The zero-order valence-electron chi connectivity index (χ0n) is 26.0. The molecule has 1 amide bonds. The lowest BCUT2D eigenvalue weighted by molar-refractivity contribution is 0.0774. The molecule has 4 aromatic rings. The molecule has 45 heavy (non-hydrogen) atoms. The summed E-state index contributed by atoms with van der Waals surface area (Å²) in [6.45, 7) is 10.6. The van der Waals surface area contributed by atoms with Crippen molar-refractivity contribution in [2.45, 2.75) is 38.6 Å². The van der Waals surface area contributed by atoms with E-state index < -0.39 is 0 Å². The summed E-state index contributed by atoms with van der Waals surface area (Å²) in [4.78, 5) is 29.5. The summed E-state index contributed by atoms with van der Waals surface area (Å²) in [5.41, 5.74) is 4.57. The van der Waals surface area contributed by atoms with E-state index >= 15 is 0 Å². The Kier molecular flexibility index (Phi) is 9.09. The zero-order chi connectivity index (χ0) is 30.6. The Morgan fingerprint density at radius 3 is 2.47 bits per heavy atom. The highest BCUT2D eigenvalue weighted by atomic mass is 32.1. The Morgan fingerprint density at radius 2 is 1.67 bits per heavy atom. The number of para-hydroxylation sites is 1. The minimum Gasteiger partial charge on any atom is -0.494 e. The van der Waals surface area contributed by atoms with Gasteiger partial charge in [-0.25, -0.2) is 4.98 Å². The van der Waals surface area contributed by atoms with Crippen molar-refractivity contribution in [2.24, 2.45) is 4.99 Å². The van der Waals surface area contributed by atoms with Gasteiger partial charge in [-0.2, -0.15) is 0 Å². The van der Waals surface area contributed by atoms with Crippen LogP contribution in [0.3, 0.4) is 0 Å². The molecule has 0 aliphatic carbocycles. The number of carbonyl (C=O) groups excluding carboxylic acids is 1. The highest BCUT2D eigenvalue weighted by molar-refractivity contribution is 7.21. The van der Waals surface area contributed by atoms with Crippen LogP contribution in [-0.2, 0) is 0 Å². The average molecular weight is 624 g/mol. The van der Waals surface area contributed by atoms with Gasteiger partial charge in [-0.05, 0) is 68.5 Å². The number of benzene rings is 3. The van der Waals surface area contributed by atoms with Crippen molar-refractivity contribution in [1.29, 1.82) is 0 Å². The van der Waals surface area contributed by atoms with Crippen molar-refractivity contribution in [1.82, 2.24) is 19.7 Å². The molecule has 234 valence electrons. The number of hydrogen-bond acceptors (Lipinski definition) is 8. The lowest BCUT2D eigenvalue weighted by atomic mass is 10.1. The zero-order valence-corrected chi connectivity index (χ0v) is 26.8. The van der Waals surface area contributed by atoms with Gasteiger partial charge in [-0.15, -0.1) is 11.3 Å². The summed E-state index contributed by atoms with van der Waals surface area (Å²) in [5, 5.41) is 1.03. The first-order valence-electron chi connectivity index (χ1n) is 16.3. The smallest absolute Gasteiger partial charge is 0.256 e. The van der Waals surface area contributed by atoms with Crippen LogP contribution in [-0.4, -0.2) is 96.9 Å². The number of aromatic nitrogens is 1. The number of fused-ring (bicyclic) bond motifs is 3. The number of rotatable bonds is 11. The van der Waals surface area contributed by atoms with Crippen LogP contribution in [0.4, 0.5) is 5.69 Å².